The summed E-state index contributed by atoms with van der Waals surface area (Å²) >= 11 is 0. The zero-order chi connectivity index (χ0) is 18.3. The average molecular weight is 338 g/mol. The van der Waals surface area contributed by atoms with E-state index in [0.29, 0.717) is 18.3 Å². The first-order chi connectivity index (χ1) is 11.1. The summed E-state index contributed by atoms with van der Waals surface area (Å²) in [6, 6.07) is -0.307. The molecule has 0 fully saturated rings. The summed E-state index contributed by atoms with van der Waals surface area (Å²) in [7, 11) is 0. The Labute approximate surface area is 146 Å². The molecular formula is C18H34N4O2. The van der Waals surface area contributed by atoms with Crippen LogP contribution < -0.4 is 10.6 Å². The van der Waals surface area contributed by atoms with E-state index in [0.717, 1.165) is 30.8 Å². The summed E-state index contributed by atoms with van der Waals surface area (Å²) in [5, 5.41) is 20.3. The van der Waals surface area contributed by atoms with Crippen molar-refractivity contribution >= 4 is 11.7 Å². The largest absolute Gasteiger partial charge is 0.388 e. The molecule has 6 heteroatoms. The van der Waals surface area contributed by atoms with Gasteiger partial charge >= 0.3 is 6.03 Å². The van der Waals surface area contributed by atoms with Gasteiger partial charge in [-0.2, -0.15) is 5.10 Å². The summed E-state index contributed by atoms with van der Waals surface area (Å²) in [6.45, 7) is 13.4. The summed E-state index contributed by atoms with van der Waals surface area (Å²) in [5.41, 5.74) is 0.861. The van der Waals surface area contributed by atoms with Gasteiger partial charge in [-0.15, -0.1) is 0 Å². The van der Waals surface area contributed by atoms with Crippen molar-refractivity contribution in [2.24, 2.45) is 11.8 Å². The maximum atomic E-state index is 12.1. The minimum absolute atomic E-state index is 0.229. The summed E-state index contributed by atoms with van der Waals surface area (Å²) in [4.78, 5) is 12.1. The van der Waals surface area contributed by atoms with E-state index >= 15 is 0 Å². The lowest BCUT2D eigenvalue weighted by atomic mass is 9.95. The van der Waals surface area contributed by atoms with E-state index in [-0.39, 0.29) is 12.6 Å². The molecule has 0 aliphatic carbocycles. The molecule has 1 aromatic heterocycles. The monoisotopic (exact) mass is 338 g/mol. The number of anilines is 1. The standard InChI is InChI=1S/C18H34N4O2/c1-7-16-15(10-20-22(16)11-14(4)5)21-17(23)19-12-18(6,24)9-8-13(2)3/h10,13-14,24H,7-9,11-12H2,1-6H3,(H2,19,21,23). The molecular weight excluding hydrogens is 304 g/mol. The molecule has 0 saturated heterocycles. The fourth-order valence-corrected chi connectivity index (χ4v) is 2.52. The van der Waals surface area contributed by atoms with E-state index in [1.165, 1.54) is 0 Å². The number of aromatic nitrogens is 2. The number of carbonyl (C=O) groups is 1. The third kappa shape index (κ3) is 6.91. The molecule has 1 rings (SSSR count). The topological polar surface area (TPSA) is 79.2 Å². The number of nitrogens with one attached hydrogen (secondary N) is 2. The second kappa shape index (κ2) is 9.06. The second-order valence-corrected chi connectivity index (χ2v) is 7.67. The highest BCUT2D eigenvalue weighted by Gasteiger charge is 2.22. The van der Waals surface area contributed by atoms with Crippen molar-refractivity contribution in [2.75, 3.05) is 11.9 Å². The first kappa shape index (κ1) is 20.5. The molecule has 24 heavy (non-hydrogen) atoms. The lowest BCUT2D eigenvalue weighted by molar-refractivity contribution is 0.0481. The molecule has 1 atom stereocenters. The molecule has 1 unspecified atom stereocenters. The number of urea groups is 1. The smallest absolute Gasteiger partial charge is 0.319 e. The number of rotatable bonds is 9. The number of nitrogens with zero attached hydrogens (tertiary/aromatic N) is 2. The van der Waals surface area contributed by atoms with Crippen LogP contribution in [0, 0.1) is 11.8 Å². The van der Waals surface area contributed by atoms with Gasteiger partial charge < -0.3 is 15.7 Å². The fraction of sp³-hybridized carbons (Fsp3) is 0.778. The third-order valence-corrected chi connectivity index (χ3v) is 3.96. The molecule has 138 valence electrons. The maximum Gasteiger partial charge on any atom is 0.319 e. The van der Waals surface area contributed by atoms with Crippen LogP contribution in [0.2, 0.25) is 0 Å². The van der Waals surface area contributed by atoms with Crippen molar-refractivity contribution in [3.63, 3.8) is 0 Å². The molecule has 1 heterocycles. The van der Waals surface area contributed by atoms with Crippen LogP contribution in [-0.4, -0.2) is 33.1 Å². The summed E-state index contributed by atoms with van der Waals surface area (Å²) in [5.74, 6) is 1.03. The fourth-order valence-electron chi connectivity index (χ4n) is 2.52. The number of hydrogen-bond acceptors (Lipinski definition) is 3. The Morgan fingerprint density at radius 3 is 2.54 bits per heavy atom. The third-order valence-electron chi connectivity index (χ3n) is 3.96. The Morgan fingerprint density at radius 1 is 1.33 bits per heavy atom. The predicted octanol–water partition coefficient (Wildman–Crippen LogP) is 3.41. The molecule has 2 amide bonds. The van der Waals surface area contributed by atoms with E-state index in [1.54, 1.807) is 13.1 Å². The quantitative estimate of drug-likeness (QED) is 0.645. The van der Waals surface area contributed by atoms with Crippen molar-refractivity contribution in [2.45, 2.75) is 73.0 Å². The van der Waals surface area contributed by atoms with Crippen molar-refractivity contribution in [1.29, 1.82) is 0 Å². The van der Waals surface area contributed by atoms with Gasteiger partial charge in [0.25, 0.3) is 0 Å². The maximum absolute atomic E-state index is 12.1. The minimum atomic E-state index is -0.892. The van der Waals surface area contributed by atoms with Crippen molar-refractivity contribution < 1.29 is 9.90 Å². The number of carbonyl (C=O) groups excluding carboxylic acids is 1. The van der Waals surface area contributed by atoms with Gasteiger partial charge in [0.05, 0.1) is 23.2 Å². The highest BCUT2D eigenvalue weighted by Crippen LogP contribution is 2.18. The van der Waals surface area contributed by atoms with Crippen LogP contribution >= 0.6 is 0 Å². The van der Waals surface area contributed by atoms with Crippen LogP contribution in [0.4, 0.5) is 10.5 Å². The van der Waals surface area contributed by atoms with Crippen molar-refractivity contribution in [3.8, 4) is 0 Å². The molecule has 0 aliphatic rings. The normalized spacial score (nSPS) is 14.0. The second-order valence-electron chi connectivity index (χ2n) is 7.67. The summed E-state index contributed by atoms with van der Waals surface area (Å²) in [6.07, 6.45) is 4.09. The van der Waals surface area contributed by atoms with Gasteiger partial charge in [-0.05, 0) is 38.0 Å². The van der Waals surface area contributed by atoms with Gasteiger partial charge in [-0.3, -0.25) is 4.68 Å². The number of aliphatic hydroxyl groups is 1. The van der Waals surface area contributed by atoms with Crippen LogP contribution in [0.3, 0.4) is 0 Å². The van der Waals surface area contributed by atoms with Gasteiger partial charge in [0, 0.05) is 13.1 Å². The molecule has 0 aromatic carbocycles. The van der Waals surface area contributed by atoms with E-state index in [1.807, 2.05) is 11.6 Å². The average Bonchev–Trinajstić information content (AvgIpc) is 2.84. The van der Waals surface area contributed by atoms with Crippen LogP contribution in [0.15, 0.2) is 6.20 Å². The van der Waals surface area contributed by atoms with E-state index in [9.17, 15) is 9.90 Å². The molecule has 1 aromatic rings. The number of hydrogen-bond donors (Lipinski definition) is 3. The Kier molecular flexibility index (Phi) is 7.73. The molecule has 0 bridgehead atoms. The Balaban J connectivity index is 2.57. The van der Waals surface area contributed by atoms with Gasteiger partial charge in [0.1, 0.15) is 0 Å². The first-order valence-corrected chi connectivity index (χ1v) is 8.96. The highest BCUT2D eigenvalue weighted by atomic mass is 16.3. The highest BCUT2D eigenvalue weighted by molar-refractivity contribution is 5.89. The zero-order valence-corrected chi connectivity index (χ0v) is 16.0. The minimum Gasteiger partial charge on any atom is -0.388 e. The van der Waals surface area contributed by atoms with Crippen LogP contribution in [-0.2, 0) is 13.0 Å². The Bertz CT molecular complexity index is 521. The molecule has 0 aliphatic heterocycles. The van der Waals surface area contributed by atoms with E-state index < -0.39 is 5.60 Å². The van der Waals surface area contributed by atoms with E-state index in [4.69, 9.17) is 0 Å². The molecule has 6 nitrogen and oxygen atoms in total. The molecule has 0 radical (unpaired) electrons. The Morgan fingerprint density at radius 2 is 2.00 bits per heavy atom. The van der Waals surface area contributed by atoms with Crippen molar-refractivity contribution in [1.82, 2.24) is 15.1 Å². The van der Waals surface area contributed by atoms with Crippen molar-refractivity contribution in [3.05, 3.63) is 11.9 Å². The molecule has 0 saturated carbocycles. The first-order valence-electron chi connectivity index (χ1n) is 8.96. The van der Waals surface area contributed by atoms with Gasteiger partial charge in [-0.1, -0.05) is 34.6 Å². The zero-order valence-electron chi connectivity index (χ0n) is 16.0. The summed E-state index contributed by atoms with van der Waals surface area (Å²) < 4.78 is 1.94. The Hall–Kier alpha value is -1.56. The van der Waals surface area contributed by atoms with E-state index in [2.05, 4.69) is 43.4 Å². The van der Waals surface area contributed by atoms with Crippen LogP contribution in [0.5, 0.6) is 0 Å². The molecule has 3 N–H and O–H groups in total. The van der Waals surface area contributed by atoms with Crippen LogP contribution in [0.25, 0.3) is 0 Å². The van der Waals surface area contributed by atoms with Gasteiger partial charge in [-0.25, -0.2) is 4.79 Å². The van der Waals surface area contributed by atoms with Gasteiger partial charge in [0.2, 0.25) is 0 Å². The van der Waals surface area contributed by atoms with Crippen LogP contribution in [0.1, 0.15) is 60.1 Å². The predicted molar refractivity (Wildman–Crippen MR) is 98.2 cm³/mol. The van der Waals surface area contributed by atoms with Gasteiger partial charge in [0.15, 0.2) is 0 Å². The number of amides is 2. The SMILES string of the molecule is CCc1c(NC(=O)NCC(C)(O)CCC(C)C)cnn1CC(C)C. The lowest BCUT2D eigenvalue weighted by Crippen LogP contribution is -2.42. The lowest BCUT2D eigenvalue weighted by Gasteiger charge is -2.24. The molecule has 0 spiro atoms.